The summed E-state index contributed by atoms with van der Waals surface area (Å²) in [5.74, 6) is 2.64. The first-order valence-electron chi connectivity index (χ1n) is 18.6. The van der Waals surface area contributed by atoms with Crippen LogP contribution in [0, 0.1) is 6.92 Å². The molecular weight excluding hydrogens is 679 g/mol. The van der Waals surface area contributed by atoms with Crippen molar-refractivity contribution in [2.75, 3.05) is 7.11 Å². The van der Waals surface area contributed by atoms with Gasteiger partial charge in [0.1, 0.15) is 28.4 Å². The van der Waals surface area contributed by atoms with E-state index in [0.717, 1.165) is 105 Å². The molecular formula is C49H35N3O3. The number of furan rings is 1. The van der Waals surface area contributed by atoms with E-state index in [1.165, 1.54) is 11.1 Å². The van der Waals surface area contributed by atoms with Crippen molar-refractivity contribution >= 4 is 67.2 Å². The summed E-state index contributed by atoms with van der Waals surface area (Å²) in [5, 5.41) is 6.67. The molecule has 6 nitrogen and oxygen atoms in total. The quantitative estimate of drug-likeness (QED) is 0.178. The molecule has 6 heteroatoms. The number of hydrogen-bond acceptors (Lipinski definition) is 4. The fraction of sp³-hybridized carbons (Fsp3) is 0.0816. The third-order valence-electron chi connectivity index (χ3n) is 11.3. The molecule has 0 amide bonds. The number of rotatable bonds is 5. The van der Waals surface area contributed by atoms with E-state index in [4.69, 9.17) is 13.9 Å². The molecule has 0 radical (unpaired) electrons. The van der Waals surface area contributed by atoms with Crippen LogP contribution < -0.4 is 20.0 Å². The highest BCUT2D eigenvalue weighted by Gasteiger charge is 2.29. The van der Waals surface area contributed by atoms with Gasteiger partial charge in [-0.2, -0.15) is 0 Å². The van der Waals surface area contributed by atoms with E-state index in [9.17, 15) is 0 Å². The van der Waals surface area contributed by atoms with Crippen molar-refractivity contribution < 1.29 is 13.9 Å². The maximum Gasteiger partial charge on any atom is 0.144 e. The van der Waals surface area contributed by atoms with Gasteiger partial charge in [0.15, 0.2) is 0 Å². The van der Waals surface area contributed by atoms with Gasteiger partial charge in [0, 0.05) is 67.6 Å². The van der Waals surface area contributed by atoms with E-state index in [0.29, 0.717) is 6.42 Å². The number of allylic oxidation sites excluding steroid dienone is 2. The fourth-order valence-electron chi connectivity index (χ4n) is 8.84. The van der Waals surface area contributed by atoms with Crippen LogP contribution in [0.1, 0.15) is 30.2 Å². The Balaban J connectivity index is 1.15. The van der Waals surface area contributed by atoms with Crippen molar-refractivity contribution in [1.82, 2.24) is 14.1 Å². The number of ether oxygens (including phenoxy) is 2. The highest BCUT2D eigenvalue weighted by Crippen LogP contribution is 2.47. The zero-order valence-electron chi connectivity index (χ0n) is 30.6. The van der Waals surface area contributed by atoms with Crippen LogP contribution in [-0.4, -0.2) is 21.2 Å². The molecule has 11 rings (SSSR count). The molecule has 4 aromatic heterocycles. The Morgan fingerprint density at radius 3 is 2.38 bits per heavy atom. The largest absolute Gasteiger partial charge is 0.496 e. The molecule has 264 valence electrons. The van der Waals surface area contributed by atoms with Crippen LogP contribution in [0.3, 0.4) is 0 Å². The molecule has 55 heavy (non-hydrogen) atoms. The first-order valence-corrected chi connectivity index (χ1v) is 18.6. The molecule has 2 bridgehead atoms. The number of para-hydroxylation sites is 2. The number of methoxy groups -OCH3 is 1. The van der Waals surface area contributed by atoms with E-state index >= 15 is 0 Å². The molecule has 1 aliphatic carbocycles. The Labute approximate surface area is 316 Å². The minimum absolute atomic E-state index is 0.698. The molecule has 1 aliphatic heterocycles. The normalized spacial score (nSPS) is 13.6. The standard InChI is InChI=1S/C49H35N3O3/c1-4-11-39-29(2)47-41(51(39)31-19-24-45-36(27-31)34-12-6-8-16-44(34)54-45)22-20-33-30-17-21-42-48(46(26-30)55-49(33)47)35-13-5-7-15-40(35)52(42)32-18-23-43(53-3)37(28-32)38-14-9-10-25-50-38/h4-25,27-28H,26H2,1-3H3/b11-4-. The summed E-state index contributed by atoms with van der Waals surface area (Å²) < 4.78 is 24.0. The van der Waals surface area contributed by atoms with Gasteiger partial charge in [-0.25, -0.2) is 0 Å². The Hall–Kier alpha value is -7.05. The zero-order valence-corrected chi connectivity index (χ0v) is 30.6. The summed E-state index contributed by atoms with van der Waals surface area (Å²) in [7, 11) is 1.71. The third kappa shape index (κ3) is 4.58. The number of pyridine rings is 1. The van der Waals surface area contributed by atoms with Gasteiger partial charge in [-0.05, 0) is 110 Å². The second-order valence-corrected chi connectivity index (χ2v) is 14.2. The predicted molar refractivity (Wildman–Crippen MR) is 223 cm³/mol. The lowest BCUT2D eigenvalue weighted by molar-refractivity contribution is 0.416. The van der Waals surface area contributed by atoms with Crippen LogP contribution in [0.4, 0.5) is 0 Å². The van der Waals surface area contributed by atoms with Gasteiger partial charge in [-0.1, -0.05) is 54.6 Å². The van der Waals surface area contributed by atoms with Gasteiger partial charge in [0.2, 0.25) is 0 Å². The smallest absolute Gasteiger partial charge is 0.144 e. The number of nitrogens with zero attached hydrogens (tertiary/aromatic N) is 3. The summed E-state index contributed by atoms with van der Waals surface area (Å²) in [6, 6.07) is 40.1. The van der Waals surface area contributed by atoms with E-state index in [2.05, 4.69) is 131 Å². The zero-order chi connectivity index (χ0) is 36.8. The highest BCUT2D eigenvalue weighted by atomic mass is 16.5. The maximum absolute atomic E-state index is 7.25. The third-order valence-corrected chi connectivity index (χ3v) is 11.3. The Morgan fingerprint density at radius 1 is 0.727 bits per heavy atom. The molecule has 9 aromatic rings. The number of hydrogen-bond donors (Lipinski definition) is 0. The molecule has 0 saturated carbocycles. The first-order chi connectivity index (χ1) is 27.1. The summed E-state index contributed by atoms with van der Waals surface area (Å²) in [5.41, 5.74) is 12.5. The monoisotopic (exact) mass is 713 g/mol. The maximum atomic E-state index is 7.25. The molecule has 0 atom stereocenters. The van der Waals surface area contributed by atoms with E-state index in [1.54, 1.807) is 7.11 Å². The lowest BCUT2D eigenvalue weighted by atomic mass is 9.95. The van der Waals surface area contributed by atoms with Crippen molar-refractivity contribution in [3.05, 3.63) is 161 Å². The average Bonchev–Trinajstić information content (AvgIpc) is 3.83. The summed E-state index contributed by atoms with van der Waals surface area (Å²) in [6.07, 6.45) is 11.4. The van der Waals surface area contributed by atoms with Crippen LogP contribution in [0.2, 0.25) is 0 Å². The van der Waals surface area contributed by atoms with Gasteiger partial charge in [0.25, 0.3) is 0 Å². The van der Waals surface area contributed by atoms with Gasteiger partial charge < -0.3 is 23.0 Å². The van der Waals surface area contributed by atoms with Crippen molar-refractivity contribution in [3.63, 3.8) is 0 Å². The molecule has 5 heterocycles. The van der Waals surface area contributed by atoms with Crippen LogP contribution in [0.15, 0.2) is 138 Å². The lowest BCUT2D eigenvalue weighted by Gasteiger charge is -2.23. The van der Waals surface area contributed by atoms with Crippen molar-refractivity contribution in [2.24, 2.45) is 0 Å². The van der Waals surface area contributed by atoms with Gasteiger partial charge in [-0.3, -0.25) is 4.98 Å². The van der Waals surface area contributed by atoms with E-state index in [1.807, 2.05) is 42.6 Å². The molecule has 0 fully saturated rings. The van der Waals surface area contributed by atoms with Crippen LogP contribution in [-0.2, 0) is 0 Å². The number of fused-ring (bicyclic) bond motifs is 12. The molecule has 0 spiro atoms. The van der Waals surface area contributed by atoms with Crippen molar-refractivity contribution in [1.29, 1.82) is 0 Å². The topological polar surface area (TPSA) is 54.4 Å². The second-order valence-electron chi connectivity index (χ2n) is 14.2. The number of aromatic nitrogens is 3. The molecule has 2 aliphatic rings. The van der Waals surface area contributed by atoms with Gasteiger partial charge in [0.05, 0.1) is 29.2 Å². The van der Waals surface area contributed by atoms with Crippen LogP contribution in [0.25, 0.3) is 89.9 Å². The van der Waals surface area contributed by atoms with Crippen molar-refractivity contribution in [2.45, 2.75) is 20.3 Å². The Bertz CT molecular complexity index is 3270. The minimum atomic E-state index is 0.698. The van der Waals surface area contributed by atoms with Gasteiger partial charge >= 0.3 is 0 Å². The molecule has 0 saturated heterocycles. The summed E-state index contributed by atoms with van der Waals surface area (Å²) in [6.45, 7) is 4.29. The fourth-order valence-corrected chi connectivity index (χ4v) is 8.84. The molecule has 0 unspecified atom stereocenters. The lowest BCUT2D eigenvalue weighted by Crippen LogP contribution is -2.31. The first kappa shape index (κ1) is 31.5. The molecule has 0 N–H and O–H groups in total. The predicted octanol–water partition coefficient (Wildman–Crippen LogP) is 10.7. The van der Waals surface area contributed by atoms with Crippen LogP contribution in [0.5, 0.6) is 11.5 Å². The van der Waals surface area contributed by atoms with Crippen LogP contribution >= 0.6 is 0 Å². The summed E-state index contributed by atoms with van der Waals surface area (Å²) in [4.78, 5) is 4.66. The number of aryl methyl sites for hydroxylation is 1. The Kier molecular flexibility index (Phi) is 6.86. The Morgan fingerprint density at radius 2 is 1.53 bits per heavy atom. The SMILES string of the molecule is C/C=C\c1c(C)c2c3c(ccc2n1-c1ccc2oc4ccccc4c2c1)C1=CC=c2c(c4ccccc4n2-c2ccc(OC)c(-c4ccccn4)c2)=C(C1)O3. The van der Waals surface area contributed by atoms with Gasteiger partial charge in [-0.15, -0.1) is 0 Å². The van der Waals surface area contributed by atoms with Crippen molar-refractivity contribution in [3.8, 4) is 34.1 Å². The molecule has 5 aromatic carbocycles. The summed E-state index contributed by atoms with van der Waals surface area (Å²) >= 11 is 0. The minimum Gasteiger partial charge on any atom is -0.496 e. The number of benzene rings is 5. The average molecular weight is 714 g/mol. The second kappa shape index (κ2) is 12.0. The highest BCUT2D eigenvalue weighted by molar-refractivity contribution is 6.06. The van der Waals surface area contributed by atoms with E-state index in [-0.39, 0.29) is 0 Å². The van der Waals surface area contributed by atoms with E-state index < -0.39 is 0 Å².